The Kier molecular flexibility index (Phi) is 7.05. The molecule has 5 nitrogen and oxygen atoms in total. The first-order chi connectivity index (χ1) is 12.8. The van der Waals surface area contributed by atoms with Crippen molar-refractivity contribution in [1.29, 1.82) is 0 Å². The van der Waals surface area contributed by atoms with Crippen LogP contribution >= 0.6 is 0 Å². The summed E-state index contributed by atoms with van der Waals surface area (Å²) in [6, 6.07) is 19.0. The van der Waals surface area contributed by atoms with Crippen LogP contribution in [0.3, 0.4) is 0 Å². The van der Waals surface area contributed by atoms with Gasteiger partial charge in [-0.05, 0) is 23.1 Å². The average molecular weight is 352 g/mol. The zero-order valence-corrected chi connectivity index (χ0v) is 15.2. The van der Waals surface area contributed by atoms with Crippen LogP contribution in [0.2, 0.25) is 0 Å². The van der Waals surface area contributed by atoms with E-state index in [0.29, 0.717) is 12.5 Å². The van der Waals surface area contributed by atoms with E-state index in [1.165, 1.54) is 16.7 Å². The highest BCUT2D eigenvalue weighted by molar-refractivity contribution is 5.77. The van der Waals surface area contributed by atoms with Gasteiger partial charge in [-0.15, -0.1) is 0 Å². The van der Waals surface area contributed by atoms with Crippen molar-refractivity contribution >= 4 is 5.96 Å². The minimum Gasteiger partial charge on any atom is -0.379 e. The van der Waals surface area contributed by atoms with E-state index in [1.807, 2.05) is 6.07 Å². The molecule has 2 aromatic rings. The monoisotopic (exact) mass is 352 g/mol. The lowest BCUT2D eigenvalue weighted by Gasteiger charge is -2.26. The molecule has 3 rings (SSSR count). The van der Waals surface area contributed by atoms with Gasteiger partial charge in [0.1, 0.15) is 0 Å². The number of nitrogens with two attached hydrogens (primary N) is 1. The number of nitrogens with one attached hydrogen (secondary N) is 1. The third-order valence-electron chi connectivity index (χ3n) is 4.53. The highest BCUT2D eigenvalue weighted by Crippen LogP contribution is 2.10. The van der Waals surface area contributed by atoms with Gasteiger partial charge in [0.15, 0.2) is 5.96 Å². The summed E-state index contributed by atoms with van der Waals surface area (Å²) < 4.78 is 5.39. The van der Waals surface area contributed by atoms with E-state index in [9.17, 15) is 0 Å². The van der Waals surface area contributed by atoms with Crippen LogP contribution in [0.15, 0.2) is 59.6 Å². The number of ether oxygens (including phenoxy) is 1. The predicted molar refractivity (Wildman–Crippen MR) is 106 cm³/mol. The Hall–Kier alpha value is -2.37. The van der Waals surface area contributed by atoms with Crippen molar-refractivity contribution in [2.24, 2.45) is 10.7 Å². The highest BCUT2D eigenvalue weighted by atomic mass is 16.5. The van der Waals surface area contributed by atoms with Crippen LogP contribution < -0.4 is 11.1 Å². The molecule has 0 aliphatic carbocycles. The molecule has 0 atom stereocenters. The Morgan fingerprint density at radius 3 is 2.38 bits per heavy atom. The first-order valence-electron chi connectivity index (χ1n) is 9.25. The Balaban J connectivity index is 1.40. The molecule has 138 valence electrons. The number of benzene rings is 2. The third-order valence-corrected chi connectivity index (χ3v) is 4.53. The Morgan fingerprint density at radius 1 is 0.962 bits per heavy atom. The lowest BCUT2D eigenvalue weighted by molar-refractivity contribution is 0.0342. The molecule has 0 aromatic heterocycles. The van der Waals surface area contributed by atoms with E-state index in [1.54, 1.807) is 0 Å². The fourth-order valence-electron chi connectivity index (χ4n) is 2.98. The van der Waals surface area contributed by atoms with Crippen molar-refractivity contribution < 1.29 is 4.74 Å². The summed E-state index contributed by atoms with van der Waals surface area (Å²) >= 11 is 0. The summed E-state index contributed by atoms with van der Waals surface area (Å²) in [7, 11) is 0. The first kappa shape index (κ1) is 18.4. The molecule has 2 aromatic carbocycles. The molecule has 0 radical (unpaired) electrons. The molecular formula is C21H28N4O. The summed E-state index contributed by atoms with van der Waals surface area (Å²) in [5, 5.41) is 3.18. The van der Waals surface area contributed by atoms with Gasteiger partial charge >= 0.3 is 0 Å². The summed E-state index contributed by atoms with van der Waals surface area (Å²) in [5.74, 6) is 0.498. The van der Waals surface area contributed by atoms with Crippen molar-refractivity contribution in [3.8, 4) is 0 Å². The second-order valence-corrected chi connectivity index (χ2v) is 6.57. The van der Waals surface area contributed by atoms with E-state index in [4.69, 9.17) is 10.5 Å². The first-order valence-corrected chi connectivity index (χ1v) is 9.25. The minimum atomic E-state index is 0.498. The number of morpholine rings is 1. The smallest absolute Gasteiger partial charge is 0.188 e. The average Bonchev–Trinajstić information content (AvgIpc) is 2.69. The van der Waals surface area contributed by atoms with Gasteiger partial charge in [0.2, 0.25) is 0 Å². The van der Waals surface area contributed by atoms with E-state index in [-0.39, 0.29) is 0 Å². The molecule has 0 unspecified atom stereocenters. The van der Waals surface area contributed by atoms with Gasteiger partial charge in [0.25, 0.3) is 0 Å². The van der Waals surface area contributed by atoms with E-state index in [2.05, 4.69) is 63.7 Å². The van der Waals surface area contributed by atoms with Gasteiger partial charge in [0, 0.05) is 26.2 Å². The zero-order chi connectivity index (χ0) is 18.0. The molecule has 0 saturated carbocycles. The molecule has 0 spiro atoms. The Morgan fingerprint density at radius 2 is 1.65 bits per heavy atom. The summed E-state index contributed by atoms with van der Waals surface area (Å²) in [5.41, 5.74) is 9.75. The van der Waals surface area contributed by atoms with Crippen LogP contribution in [-0.2, 0) is 24.2 Å². The standard InChI is InChI=1S/C21H28N4O/c22-21(23-11-10-18-4-2-1-3-5-18)24-16-19-6-8-20(9-7-19)17-25-12-14-26-15-13-25/h1-9H,10-17H2,(H3,22,23,24). The number of guanidine groups is 1. The predicted octanol–water partition coefficient (Wildman–Crippen LogP) is 2.17. The highest BCUT2D eigenvalue weighted by Gasteiger charge is 2.10. The largest absolute Gasteiger partial charge is 0.379 e. The molecule has 0 amide bonds. The molecule has 0 bridgehead atoms. The number of rotatable bonds is 7. The van der Waals surface area contributed by atoms with Crippen LogP contribution in [0.5, 0.6) is 0 Å². The van der Waals surface area contributed by atoms with E-state index >= 15 is 0 Å². The van der Waals surface area contributed by atoms with Crippen LogP contribution in [0, 0.1) is 0 Å². The Bertz CT molecular complexity index is 679. The molecule has 1 fully saturated rings. The molecule has 1 aliphatic rings. The summed E-state index contributed by atoms with van der Waals surface area (Å²) in [4.78, 5) is 6.85. The minimum absolute atomic E-state index is 0.498. The Labute approximate surface area is 155 Å². The van der Waals surface area contributed by atoms with Crippen molar-refractivity contribution in [2.45, 2.75) is 19.5 Å². The SMILES string of the molecule is NC(=NCc1ccc(CN2CCOCC2)cc1)NCCc1ccccc1. The lowest BCUT2D eigenvalue weighted by atomic mass is 10.1. The fourth-order valence-corrected chi connectivity index (χ4v) is 2.98. The molecule has 26 heavy (non-hydrogen) atoms. The van der Waals surface area contributed by atoms with Crippen molar-refractivity contribution in [2.75, 3.05) is 32.8 Å². The summed E-state index contributed by atoms with van der Waals surface area (Å²) in [6.07, 6.45) is 0.938. The third kappa shape index (κ3) is 6.17. The van der Waals surface area contributed by atoms with Gasteiger partial charge in [0.05, 0.1) is 19.8 Å². The van der Waals surface area contributed by atoms with Gasteiger partial charge in [-0.1, -0.05) is 54.6 Å². The van der Waals surface area contributed by atoms with Gasteiger partial charge < -0.3 is 15.8 Å². The molecular weight excluding hydrogens is 324 g/mol. The molecule has 5 heteroatoms. The second-order valence-electron chi connectivity index (χ2n) is 6.57. The summed E-state index contributed by atoms with van der Waals surface area (Å²) in [6.45, 7) is 6.07. The molecule has 1 heterocycles. The van der Waals surface area contributed by atoms with Crippen molar-refractivity contribution in [1.82, 2.24) is 10.2 Å². The van der Waals surface area contributed by atoms with Gasteiger partial charge in [-0.25, -0.2) is 4.99 Å². The topological polar surface area (TPSA) is 62.9 Å². The molecule has 1 aliphatic heterocycles. The normalized spacial score (nSPS) is 15.8. The maximum absolute atomic E-state index is 5.96. The maximum Gasteiger partial charge on any atom is 0.188 e. The van der Waals surface area contributed by atoms with Gasteiger partial charge in [-0.3, -0.25) is 4.90 Å². The fraction of sp³-hybridized carbons (Fsp3) is 0.381. The van der Waals surface area contributed by atoms with E-state index < -0.39 is 0 Å². The number of aliphatic imine (C=N–C) groups is 1. The number of hydrogen-bond donors (Lipinski definition) is 2. The quantitative estimate of drug-likeness (QED) is 0.592. The number of nitrogens with zero attached hydrogens (tertiary/aromatic N) is 2. The molecule has 3 N–H and O–H groups in total. The number of hydrogen-bond acceptors (Lipinski definition) is 3. The molecule has 1 saturated heterocycles. The maximum atomic E-state index is 5.96. The van der Waals surface area contributed by atoms with Crippen molar-refractivity contribution in [3.63, 3.8) is 0 Å². The van der Waals surface area contributed by atoms with Crippen LogP contribution in [0.1, 0.15) is 16.7 Å². The van der Waals surface area contributed by atoms with E-state index in [0.717, 1.165) is 45.8 Å². The van der Waals surface area contributed by atoms with Crippen molar-refractivity contribution in [3.05, 3.63) is 71.3 Å². The lowest BCUT2D eigenvalue weighted by Crippen LogP contribution is -2.35. The second kappa shape index (κ2) is 9.94. The van der Waals surface area contributed by atoms with Crippen LogP contribution in [-0.4, -0.2) is 43.7 Å². The van der Waals surface area contributed by atoms with Crippen LogP contribution in [0.4, 0.5) is 0 Å². The van der Waals surface area contributed by atoms with Gasteiger partial charge in [-0.2, -0.15) is 0 Å². The zero-order valence-electron chi connectivity index (χ0n) is 15.2. The van der Waals surface area contributed by atoms with Crippen LogP contribution in [0.25, 0.3) is 0 Å².